The number of hydrogen-bond donors (Lipinski definition) is 0. The molecule has 0 aromatic rings. The summed E-state index contributed by atoms with van der Waals surface area (Å²) in [6, 6.07) is 0.433. The molecule has 54 valence electrons. The Morgan fingerprint density at radius 1 is 1.56 bits per heavy atom. The summed E-state index contributed by atoms with van der Waals surface area (Å²) in [7, 11) is 3.84. The van der Waals surface area contributed by atoms with Gasteiger partial charge in [-0.2, -0.15) is 0 Å². The van der Waals surface area contributed by atoms with Gasteiger partial charge in [0.2, 0.25) is 0 Å². The number of rotatable bonds is 3. The third kappa shape index (κ3) is 2.14. The Balaban J connectivity index is 3.95. The fourth-order valence-electron chi connectivity index (χ4n) is 0.574. The third-order valence-electron chi connectivity index (χ3n) is 2.00. The maximum atomic E-state index is 10.4. The van der Waals surface area contributed by atoms with E-state index in [2.05, 4.69) is 13.8 Å². The van der Waals surface area contributed by atoms with E-state index < -0.39 is 0 Å². The summed E-state index contributed by atoms with van der Waals surface area (Å²) in [6.45, 7) is 4.17. The Bertz CT molecular complexity index is 99.1. The average molecular weight is 130 g/mol. The molecule has 0 fully saturated rings. The van der Waals surface area contributed by atoms with Crippen LogP contribution in [0.3, 0.4) is 0 Å². The Morgan fingerprint density at radius 2 is 2.00 bits per heavy atom. The predicted molar refractivity (Wildman–Crippen MR) is 37.9 cm³/mol. The molecular formula is C7H16NO+. The summed E-state index contributed by atoms with van der Waals surface area (Å²) < 4.78 is 0.469. The van der Waals surface area contributed by atoms with Gasteiger partial charge in [-0.05, 0) is 13.3 Å². The lowest BCUT2D eigenvalue weighted by Crippen LogP contribution is -2.45. The number of nitrogens with zero attached hydrogens (tertiary/aromatic N) is 1. The van der Waals surface area contributed by atoms with Gasteiger partial charge >= 0.3 is 6.41 Å². The summed E-state index contributed by atoms with van der Waals surface area (Å²) in [6.07, 6.45) is 2.03. The highest BCUT2D eigenvalue weighted by molar-refractivity contribution is 5.36. The van der Waals surface area contributed by atoms with E-state index in [1.54, 1.807) is 0 Å². The molecule has 0 aliphatic heterocycles. The first-order valence-electron chi connectivity index (χ1n) is 3.34. The zero-order chi connectivity index (χ0) is 7.49. The van der Waals surface area contributed by atoms with E-state index in [0.717, 1.165) is 12.8 Å². The molecule has 1 amide bonds. The lowest BCUT2D eigenvalue weighted by Gasteiger charge is -2.27. The minimum absolute atomic E-state index is 0.433. The van der Waals surface area contributed by atoms with Gasteiger partial charge in [0, 0.05) is 0 Å². The van der Waals surface area contributed by atoms with Crippen molar-refractivity contribution in [3.05, 3.63) is 0 Å². The third-order valence-corrected chi connectivity index (χ3v) is 2.00. The first kappa shape index (κ1) is 8.63. The van der Waals surface area contributed by atoms with Gasteiger partial charge < -0.3 is 0 Å². The molecule has 0 spiro atoms. The van der Waals surface area contributed by atoms with Crippen LogP contribution in [0.5, 0.6) is 0 Å². The van der Waals surface area contributed by atoms with Crippen molar-refractivity contribution in [3.8, 4) is 0 Å². The van der Waals surface area contributed by atoms with Crippen LogP contribution in [0.2, 0.25) is 0 Å². The second-order valence-corrected chi connectivity index (χ2v) is 2.99. The van der Waals surface area contributed by atoms with Gasteiger partial charge in [-0.3, -0.25) is 4.48 Å². The van der Waals surface area contributed by atoms with Gasteiger partial charge in [-0.15, -0.1) is 0 Å². The van der Waals surface area contributed by atoms with Crippen LogP contribution >= 0.6 is 0 Å². The van der Waals surface area contributed by atoms with Gasteiger partial charge in [0.1, 0.15) is 0 Å². The number of quaternary nitrogens is 1. The second kappa shape index (κ2) is 2.97. The molecular weight excluding hydrogens is 114 g/mol. The van der Waals surface area contributed by atoms with Crippen molar-refractivity contribution in [1.82, 2.24) is 0 Å². The lowest BCUT2D eigenvalue weighted by atomic mass is 10.2. The zero-order valence-electron chi connectivity index (χ0n) is 6.72. The molecule has 0 aromatic carbocycles. The Morgan fingerprint density at radius 3 is 2.11 bits per heavy atom. The molecule has 0 radical (unpaired) electrons. The predicted octanol–water partition coefficient (Wildman–Crippen LogP) is 1.02. The van der Waals surface area contributed by atoms with Gasteiger partial charge in [0.25, 0.3) is 0 Å². The Hall–Kier alpha value is -0.370. The smallest absolute Gasteiger partial charge is 0.266 e. The van der Waals surface area contributed by atoms with Gasteiger partial charge in [-0.25, -0.2) is 4.79 Å². The van der Waals surface area contributed by atoms with Crippen molar-refractivity contribution < 1.29 is 9.28 Å². The topological polar surface area (TPSA) is 17.1 Å². The van der Waals surface area contributed by atoms with Crippen molar-refractivity contribution >= 4 is 6.41 Å². The lowest BCUT2D eigenvalue weighted by molar-refractivity contribution is -0.829. The van der Waals surface area contributed by atoms with E-state index in [4.69, 9.17) is 0 Å². The van der Waals surface area contributed by atoms with Gasteiger partial charge in [0.05, 0.1) is 20.1 Å². The monoisotopic (exact) mass is 130 g/mol. The largest absolute Gasteiger partial charge is 0.301 e. The minimum Gasteiger partial charge on any atom is -0.266 e. The molecule has 0 N–H and O–H groups in total. The van der Waals surface area contributed by atoms with Crippen LogP contribution in [-0.4, -0.2) is 31.0 Å². The summed E-state index contributed by atoms with van der Waals surface area (Å²) in [5.41, 5.74) is 0. The van der Waals surface area contributed by atoms with Crippen LogP contribution in [-0.2, 0) is 4.79 Å². The second-order valence-electron chi connectivity index (χ2n) is 2.99. The molecule has 0 bridgehead atoms. The average Bonchev–Trinajstić information content (AvgIpc) is 1.86. The highest BCUT2D eigenvalue weighted by Crippen LogP contribution is 2.05. The van der Waals surface area contributed by atoms with Crippen molar-refractivity contribution in [2.45, 2.75) is 26.3 Å². The molecule has 0 saturated heterocycles. The quantitative estimate of drug-likeness (QED) is 0.412. The first-order valence-corrected chi connectivity index (χ1v) is 3.34. The van der Waals surface area contributed by atoms with Crippen molar-refractivity contribution in [1.29, 1.82) is 0 Å². The molecule has 2 nitrogen and oxygen atoms in total. The number of carbonyl (C=O) groups excluding carboxylic acids is 1. The summed E-state index contributed by atoms with van der Waals surface area (Å²) >= 11 is 0. The molecule has 0 aromatic heterocycles. The molecule has 0 saturated carbocycles. The van der Waals surface area contributed by atoms with Crippen molar-refractivity contribution in [2.75, 3.05) is 14.1 Å². The molecule has 0 aliphatic carbocycles. The van der Waals surface area contributed by atoms with E-state index in [1.807, 2.05) is 14.1 Å². The molecule has 0 rings (SSSR count). The van der Waals surface area contributed by atoms with Crippen LogP contribution in [0, 0.1) is 0 Å². The maximum Gasteiger partial charge on any atom is 0.301 e. The van der Waals surface area contributed by atoms with Crippen molar-refractivity contribution in [3.63, 3.8) is 0 Å². The number of amides is 1. The van der Waals surface area contributed by atoms with E-state index in [0.29, 0.717) is 10.5 Å². The summed E-state index contributed by atoms with van der Waals surface area (Å²) in [4.78, 5) is 10.4. The van der Waals surface area contributed by atoms with E-state index >= 15 is 0 Å². The van der Waals surface area contributed by atoms with Crippen LogP contribution in [0.25, 0.3) is 0 Å². The normalized spacial score (nSPS) is 15.1. The Kier molecular flexibility index (Phi) is 2.85. The van der Waals surface area contributed by atoms with E-state index in [1.165, 1.54) is 0 Å². The van der Waals surface area contributed by atoms with Crippen LogP contribution in [0.1, 0.15) is 20.3 Å². The fraction of sp³-hybridized carbons (Fsp3) is 0.857. The van der Waals surface area contributed by atoms with Gasteiger partial charge in [-0.1, -0.05) is 6.92 Å². The molecule has 0 aliphatic rings. The highest BCUT2D eigenvalue weighted by Gasteiger charge is 2.20. The highest BCUT2D eigenvalue weighted by atomic mass is 16.1. The maximum absolute atomic E-state index is 10.4. The SMILES string of the molecule is CCC(C)[N+](C)(C)C=O. The summed E-state index contributed by atoms with van der Waals surface area (Å²) in [5.74, 6) is 0. The number of carbonyl (C=O) groups is 1. The molecule has 1 unspecified atom stereocenters. The Labute approximate surface area is 57.1 Å². The molecule has 0 heterocycles. The molecule has 2 heteroatoms. The van der Waals surface area contributed by atoms with Crippen LogP contribution in [0.15, 0.2) is 0 Å². The standard InChI is InChI=1S/C7H16NO/c1-5-7(2)8(3,4)6-9/h6-7H,5H2,1-4H3/q+1. The van der Waals surface area contributed by atoms with Gasteiger partial charge in [0.15, 0.2) is 0 Å². The van der Waals surface area contributed by atoms with E-state index in [-0.39, 0.29) is 0 Å². The van der Waals surface area contributed by atoms with Crippen molar-refractivity contribution in [2.24, 2.45) is 0 Å². The summed E-state index contributed by atoms with van der Waals surface area (Å²) in [5, 5.41) is 0. The van der Waals surface area contributed by atoms with Crippen LogP contribution in [0.4, 0.5) is 0 Å². The molecule has 1 atom stereocenters. The van der Waals surface area contributed by atoms with Crippen LogP contribution < -0.4 is 0 Å². The first-order chi connectivity index (χ1) is 4.04. The van der Waals surface area contributed by atoms with E-state index in [9.17, 15) is 4.79 Å². The zero-order valence-corrected chi connectivity index (χ0v) is 6.72. The number of hydrogen-bond acceptors (Lipinski definition) is 1. The molecule has 9 heavy (non-hydrogen) atoms. The minimum atomic E-state index is 0.433. The fourth-order valence-corrected chi connectivity index (χ4v) is 0.574.